The Labute approximate surface area is 228 Å². The number of para-hydroxylation sites is 3. The maximum absolute atomic E-state index is 2.52. The number of rotatable bonds is 3. The van der Waals surface area contributed by atoms with Crippen LogP contribution in [0.4, 0.5) is 11.4 Å². The van der Waals surface area contributed by atoms with Crippen LogP contribution in [0, 0.1) is 0 Å². The Morgan fingerprint density at radius 1 is 0.436 bits per heavy atom. The highest BCUT2D eigenvalue weighted by molar-refractivity contribution is 6.90. The average molecular weight is 496 g/mol. The Hall–Kier alpha value is -5.02. The van der Waals surface area contributed by atoms with Crippen LogP contribution >= 0.6 is 0 Å². The molecule has 7 aromatic rings. The molecule has 0 aliphatic carbocycles. The van der Waals surface area contributed by atoms with Crippen LogP contribution in [0.2, 0.25) is 0 Å². The summed E-state index contributed by atoms with van der Waals surface area (Å²) in [7, 11) is 0. The SMILES string of the molecule is c1ccc(B2c3ccccc3-c3c(cccc3-n3c4ccccc4c4ccccc43)N2c2ccccc2)cc1. The normalized spacial score (nSPS) is 12.5. The summed E-state index contributed by atoms with van der Waals surface area (Å²) in [5.41, 5.74) is 11.2. The van der Waals surface area contributed by atoms with Crippen LogP contribution in [0.25, 0.3) is 38.6 Å². The molecule has 0 spiro atoms. The molecule has 0 saturated heterocycles. The van der Waals surface area contributed by atoms with Crippen LogP contribution in [-0.2, 0) is 0 Å². The zero-order valence-corrected chi connectivity index (χ0v) is 21.4. The van der Waals surface area contributed by atoms with Gasteiger partial charge in [0, 0.05) is 27.7 Å². The van der Waals surface area contributed by atoms with Crippen LogP contribution < -0.4 is 15.7 Å². The number of fused-ring (bicyclic) bond motifs is 6. The lowest BCUT2D eigenvalue weighted by atomic mass is 9.45. The monoisotopic (exact) mass is 496 g/mol. The second-order valence-electron chi connectivity index (χ2n) is 10.1. The zero-order chi connectivity index (χ0) is 25.8. The van der Waals surface area contributed by atoms with E-state index in [1.165, 1.54) is 60.9 Å². The lowest BCUT2D eigenvalue weighted by molar-refractivity contribution is 1.18. The van der Waals surface area contributed by atoms with Crippen molar-refractivity contribution in [2.45, 2.75) is 0 Å². The van der Waals surface area contributed by atoms with Crippen LogP contribution in [0.15, 0.2) is 152 Å². The van der Waals surface area contributed by atoms with E-state index in [1.807, 2.05) is 0 Å². The molecule has 3 heteroatoms. The predicted octanol–water partition coefficient (Wildman–Crippen LogP) is 7.71. The molecule has 2 heterocycles. The standard InChI is InChI=1S/C36H25BN2/c1-3-14-26(15-4-1)37-31-21-10-7-20-30(31)36-34(24-13-25-35(36)39(37)27-16-5-2-6-17-27)38-32-22-11-8-18-28(32)29-19-9-12-23-33(29)38/h1-25H. The molecular weight excluding hydrogens is 471 g/mol. The first-order chi connectivity index (χ1) is 19.4. The van der Waals surface area contributed by atoms with Gasteiger partial charge in [-0.25, -0.2) is 0 Å². The third kappa shape index (κ3) is 3.30. The molecule has 1 aliphatic heterocycles. The molecule has 2 nitrogen and oxygen atoms in total. The molecular formula is C36H25BN2. The summed E-state index contributed by atoms with van der Waals surface area (Å²) in [5.74, 6) is 0. The molecule has 0 fully saturated rings. The van der Waals surface area contributed by atoms with Gasteiger partial charge in [0.25, 0.3) is 0 Å². The molecule has 6 aromatic carbocycles. The minimum atomic E-state index is 0.0608. The van der Waals surface area contributed by atoms with Crippen molar-refractivity contribution in [2.75, 3.05) is 4.81 Å². The van der Waals surface area contributed by atoms with Crippen LogP contribution in [0.5, 0.6) is 0 Å². The van der Waals surface area contributed by atoms with Crippen molar-refractivity contribution in [3.05, 3.63) is 152 Å². The van der Waals surface area contributed by atoms with Gasteiger partial charge in [-0.1, -0.05) is 121 Å². The van der Waals surface area contributed by atoms with Gasteiger partial charge < -0.3 is 9.38 Å². The van der Waals surface area contributed by atoms with E-state index in [-0.39, 0.29) is 6.85 Å². The average Bonchev–Trinajstić information content (AvgIpc) is 3.35. The molecule has 0 saturated carbocycles. The molecule has 0 amide bonds. The number of anilines is 2. The number of benzene rings is 6. The van der Waals surface area contributed by atoms with E-state index in [1.54, 1.807) is 0 Å². The third-order valence-corrected chi connectivity index (χ3v) is 8.03. The van der Waals surface area contributed by atoms with Crippen molar-refractivity contribution in [3.8, 4) is 16.8 Å². The predicted molar refractivity (Wildman–Crippen MR) is 166 cm³/mol. The molecule has 1 aliphatic rings. The Kier molecular flexibility index (Phi) is 4.96. The van der Waals surface area contributed by atoms with E-state index in [9.17, 15) is 0 Å². The Morgan fingerprint density at radius 3 is 1.72 bits per heavy atom. The van der Waals surface area contributed by atoms with E-state index in [0.717, 1.165) is 0 Å². The Morgan fingerprint density at radius 2 is 1.00 bits per heavy atom. The fourth-order valence-electron chi connectivity index (χ4n) is 6.46. The first kappa shape index (κ1) is 22.0. The van der Waals surface area contributed by atoms with Crippen molar-refractivity contribution in [3.63, 3.8) is 0 Å². The van der Waals surface area contributed by atoms with Gasteiger partial charge in [-0.2, -0.15) is 0 Å². The summed E-state index contributed by atoms with van der Waals surface area (Å²) >= 11 is 0. The van der Waals surface area contributed by atoms with Gasteiger partial charge in [-0.15, -0.1) is 0 Å². The second kappa shape index (κ2) is 8.78. The summed E-state index contributed by atoms with van der Waals surface area (Å²) in [6.45, 7) is 0.0608. The van der Waals surface area contributed by atoms with Crippen molar-refractivity contribution in [1.82, 2.24) is 4.57 Å². The van der Waals surface area contributed by atoms with Gasteiger partial charge >= 0.3 is 6.85 Å². The highest BCUT2D eigenvalue weighted by Gasteiger charge is 2.38. The van der Waals surface area contributed by atoms with Crippen molar-refractivity contribution in [1.29, 1.82) is 0 Å². The highest BCUT2D eigenvalue weighted by Crippen LogP contribution is 2.44. The minimum absolute atomic E-state index is 0.0608. The van der Waals surface area contributed by atoms with Gasteiger partial charge in [0.05, 0.1) is 16.7 Å². The minimum Gasteiger partial charge on any atom is -0.376 e. The van der Waals surface area contributed by atoms with E-state index in [2.05, 4.69) is 161 Å². The maximum atomic E-state index is 2.52. The highest BCUT2D eigenvalue weighted by atomic mass is 15.1. The van der Waals surface area contributed by atoms with Crippen molar-refractivity contribution < 1.29 is 0 Å². The molecule has 1 aromatic heterocycles. The van der Waals surface area contributed by atoms with Crippen LogP contribution in [-0.4, -0.2) is 11.4 Å². The lowest BCUT2D eigenvalue weighted by Gasteiger charge is -2.39. The summed E-state index contributed by atoms with van der Waals surface area (Å²) < 4.78 is 2.45. The van der Waals surface area contributed by atoms with Gasteiger partial charge in [-0.3, -0.25) is 0 Å². The van der Waals surface area contributed by atoms with Gasteiger partial charge in [-0.05, 0) is 47.4 Å². The molecule has 0 radical (unpaired) electrons. The Bertz CT molecular complexity index is 1920. The molecule has 0 bridgehead atoms. The summed E-state index contributed by atoms with van der Waals surface area (Å²) in [5, 5.41) is 2.55. The first-order valence-corrected chi connectivity index (χ1v) is 13.5. The molecule has 8 rings (SSSR count). The third-order valence-electron chi connectivity index (χ3n) is 8.03. The van der Waals surface area contributed by atoms with E-state index >= 15 is 0 Å². The smallest absolute Gasteiger partial charge is 0.328 e. The van der Waals surface area contributed by atoms with E-state index in [0.29, 0.717) is 0 Å². The van der Waals surface area contributed by atoms with E-state index < -0.39 is 0 Å². The second-order valence-corrected chi connectivity index (χ2v) is 10.1. The first-order valence-electron chi connectivity index (χ1n) is 13.5. The fraction of sp³-hybridized carbons (Fsp3) is 0. The largest absolute Gasteiger partial charge is 0.376 e. The summed E-state index contributed by atoms with van der Waals surface area (Å²) in [6, 6.07) is 54.9. The number of hydrogen-bond donors (Lipinski definition) is 0. The summed E-state index contributed by atoms with van der Waals surface area (Å²) in [4.78, 5) is 2.52. The maximum Gasteiger partial charge on any atom is 0.328 e. The van der Waals surface area contributed by atoms with Crippen LogP contribution in [0.1, 0.15) is 0 Å². The van der Waals surface area contributed by atoms with Crippen molar-refractivity contribution >= 4 is 51.0 Å². The molecule has 39 heavy (non-hydrogen) atoms. The fourth-order valence-corrected chi connectivity index (χ4v) is 6.46. The quantitative estimate of drug-likeness (QED) is 0.228. The van der Waals surface area contributed by atoms with Crippen molar-refractivity contribution in [2.24, 2.45) is 0 Å². The topological polar surface area (TPSA) is 8.17 Å². The number of nitrogens with zero attached hydrogens (tertiary/aromatic N) is 2. The molecule has 182 valence electrons. The molecule has 0 unspecified atom stereocenters. The Balaban J connectivity index is 1.50. The number of hydrogen-bond acceptors (Lipinski definition) is 1. The van der Waals surface area contributed by atoms with E-state index in [4.69, 9.17) is 0 Å². The molecule has 0 N–H and O–H groups in total. The lowest BCUT2D eigenvalue weighted by Crippen LogP contribution is -2.57. The van der Waals surface area contributed by atoms with Crippen LogP contribution in [0.3, 0.4) is 0 Å². The van der Waals surface area contributed by atoms with Gasteiger partial charge in [0.1, 0.15) is 0 Å². The number of aromatic nitrogens is 1. The summed E-state index contributed by atoms with van der Waals surface area (Å²) in [6.07, 6.45) is 0. The van der Waals surface area contributed by atoms with Gasteiger partial charge in [0.2, 0.25) is 0 Å². The molecule has 0 atom stereocenters. The zero-order valence-electron chi connectivity index (χ0n) is 21.4. The van der Waals surface area contributed by atoms with Gasteiger partial charge in [0.15, 0.2) is 0 Å².